The van der Waals surface area contributed by atoms with E-state index in [1.54, 1.807) is 6.92 Å². The zero-order chi connectivity index (χ0) is 16.0. The van der Waals surface area contributed by atoms with Crippen LogP contribution in [0.1, 0.15) is 60.6 Å². The maximum atomic E-state index is 12.2. The number of hydrogen-bond donors (Lipinski definition) is 1. The van der Waals surface area contributed by atoms with Gasteiger partial charge >= 0.3 is 5.97 Å². The fourth-order valence-corrected chi connectivity index (χ4v) is 3.33. The molecular weight excluding hydrogens is 288 g/mol. The van der Waals surface area contributed by atoms with E-state index < -0.39 is 5.97 Å². The Morgan fingerprint density at radius 2 is 1.76 bits per heavy atom. The van der Waals surface area contributed by atoms with Gasteiger partial charge in [-0.25, -0.2) is 4.79 Å². The van der Waals surface area contributed by atoms with Gasteiger partial charge in [-0.2, -0.15) is 0 Å². The second-order valence-corrected chi connectivity index (χ2v) is 5.79. The molecule has 0 amide bonds. The van der Waals surface area contributed by atoms with Crippen LogP contribution in [0.15, 0.2) is 0 Å². The molecule has 0 atom stereocenters. The number of rotatable bonds is 8. The summed E-state index contributed by atoms with van der Waals surface area (Å²) in [5, 5.41) is 0.750. The third-order valence-electron chi connectivity index (χ3n) is 3.00. The molecule has 1 heterocycles. The molecule has 0 aliphatic carbocycles. The summed E-state index contributed by atoms with van der Waals surface area (Å²) in [6.07, 6.45) is 1.91. The fourth-order valence-electron chi connectivity index (χ4n) is 2.17. The van der Waals surface area contributed by atoms with Crippen LogP contribution in [0.5, 0.6) is 0 Å². The molecule has 0 bridgehead atoms. The van der Waals surface area contributed by atoms with Gasteiger partial charge in [-0.3, -0.25) is 4.79 Å². The summed E-state index contributed by atoms with van der Waals surface area (Å²) >= 11 is 1.29. The zero-order valence-electron chi connectivity index (χ0n) is 13.2. The summed E-state index contributed by atoms with van der Waals surface area (Å²) in [5.41, 5.74) is 6.62. The Kier molecular flexibility index (Phi) is 6.68. The number of nitrogen functional groups attached to an aromatic ring is 1. The molecule has 1 aromatic rings. The summed E-state index contributed by atoms with van der Waals surface area (Å²) in [6.45, 7) is 9.29. The van der Waals surface area contributed by atoms with E-state index in [4.69, 9.17) is 10.5 Å². The highest BCUT2D eigenvalue weighted by Gasteiger charge is 2.27. The van der Waals surface area contributed by atoms with Gasteiger partial charge in [-0.15, -0.1) is 11.3 Å². The van der Waals surface area contributed by atoms with Crippen LogP contribution in [-0.4, -0.2) is 31.4 Å². The molecule has 0 radical (unpaired) electrons. The van der Waals surface area contributed by atoms with Crippen molar-refractivity contribution in [2.24, 2.45) is 0 Å². The van der Waals surface area contributed by atoms with E-state index in [2.05, 4.69) is 18.7 Å². The molecule has 21 heavy (non-hydrogen) atoms. The van der Waals surface area contributed by atoms with Crippen molar-refractivity contribution in [2.45, 2.75) is 40.5 Å². The van der Waals surface area contributed by atoms with E-state index in [0.29, 0.717) is 10.4 Å². The van der Waals surface area contributed by atoms with E-state index in [0.717, 1.165) is 30.9 Å². The predicted octanol–water partition coefficient (Wildman–Crippen LogP) is 3.34. The van der Waals surface area contributed by atoms with Crippen molar-refractivity contribution in [3.8, 4) is 0 Å². The molecule has 118 valence electrons. The van der Waals surface area contributed by atoms with E-state index in [-0.39, 0.29) is 18.1 Å². The van der Waals surface area contributed by atoms with Crippen LogP contribution in [0.25, 0.3) is 0 Å². The average molecular weight is 312 g/mol. The molecule has 1 aromatic heterocycles. The lowest BCUT2D eigenvalue weighted by Crippen LogP contribution is -2.26. The zero-order valence-corrected chi connectivity index (χ0v) is 14.0. The number of nitrogens with two attached hydrogens (primary N) is 1. The Bertz CT molecular complexity index is 505. The fraction of sp³-hybridized carbons (Fsp3) is 0.600. The van der Waals surface area contributed by atoms with Gasteiger partial charge in [0.05, 0.1) is 17.2 Å². The van der Waals surface area contributed by atoms with Gasteiger partial charge in [0.25, 0.3) is 0 Å². The number of anilines is 2. The Hall–Kier alpha value is -1.56. The van der Waals surface area contributed by atoms with Crippen LogP contribution >= 0.6 is 11.3 Å². The van der Waals surface area contributed by atoms with Crippen molar-refractivity contribution in [2.75, 3.05) is 30.3 Å². The molecule has 6 heteroatoms. The smallest absolute Gasteiger partial charge is 0.343 e. The van der Waals surface area contributed by atoms with Crippen molar-refractivity contribution in [1.82, 2.24) is 0 Å². The van der Waals surface area contributed by atoms with Crippen LogP contribution in [0.4, 0.5) is 10.7 Å². The number of ether oxygens (including phenoxy) is 1. The number of hydrogen-bond acceptors (Lipinski definition) is 6. The maximum absolute atomic E-state index is 12.2. The normalized spacial score (nSPS) is 10.5. The number of carbonyl (C=O) groups excluding carboxylic acids is 2. The molecule has 2 N–H and O–H groups in total. The lowest BCUT2D eigenvalue weighted by molar-refractivity contribution is 0.0529. The molecule has 1 rings (SSSR count). The van der Waals surface area contributed by atoms with Crippen molar-refractivity contribution < 1.29 is 14.3 Å². The molecule has 0 saturated heterocycles. The Labute approximate surface area is 130 Å². The largest absolute Gasteiger partial charge is 0.462 e. The van der Waals surface area contributed by atoms with E-state index >= 15 is 0 Å². The van der Waals surface area contributed by atoms with Gasteiger partial charge < -0.3 is 15.4 Å². The van der Waals surface area contributed by atoms with E-state index in [1.165, 1.54) is 18.3 Å². The van der Waals surface area contributed by atoms with Gasteiger partial charge in [-0.05, 0) is 19.8 Å². The summed E-state index contributed by atoms with van der Waals surface area (Å²) in [5.74, 6) is -0.576. The second-order valence-electron chi connectivity index (χ2n) is 4.79. The molecule has 0 fully saturated rings. The molecule has 0 aromatic carbocycles. The number of esters is 1. The SMILES string of the molecule is CCCN(CCC)c1sc(C(C)=O)c(N)c1C(=O)OCC. The minimum absolute atomic E-state index is 0.123. The number of Topliss-reactive ketones (excluding diaryl/α,β-unsaturated/α-hetero) is 1. The first kappa shape index (κ1) is 17.5. The van der Waals surface area contributed by atoms with Gasteiger partial charge in [0.1, 0.15) is 10.6 Å². The molecule has 0 unspecified atom stereocenters. The predicted molar refractivity (Wildman–Crippen MR) is 87.5 cm³/mol. The number of thiophene rings is 1. The minimum atomic E-state index is -0.453. The topological polar surface area (TPSA) is 72.6 Å². The first-order chi connectivity index (χ1) is 9.97. The molecular formula is C15H24N2O3S. The van der Waals surface area contributed by atoms with Crippen molar-refractivity contribution in [3.63, 3.8) is 0 Å². The van der Waals surface area contributed by atoms with Gasteiger partial charge in [-0.1, -0.05) is 13.8 Å². The number of carbonyl (C=O) groups is 2. The van der Waals surface area contributed by atoms with Gasteiger partial charge in [0, 0.05) is 20.0 Å². The number of ketones is 1. The van der Waals surface area contributed by atoms with Crippen LogP contribution in [-0.2, 0) is 4.74 Å². The van der Waals surface area contributed by atoms with Crippen molar-refractivity contribution >= 4 is 33.8 Å². The first-order valence-electron chi connectivity index (χ1n) is 7.33. The Morgan fingerprint density at radius 1 is 1.19 bits per heavy atom. The molecule has 0 aliphatic rings. The third-order valence-corrected chi connectivity index (χ3v) is 4.37. The van der Waals surface area contributed by atoms with Gasteiger partial charge in [0.15, 0.2) is 5.78 Å². The molecule has 0 aliphatic heterocycles. The Morgan fingerprint density at radius 3 is 2.19 bits per heavy atom. The Balaban J connectivity index is 3.36. The van der Waals surface area contributed by atoms with Crippen LogP contribution in [0.3, 0.4) is 0 Å². The minimum Gasteiger partial charge on any atom is -0.462 e. The monoisotopic (exact) mass is 312 g/mol. The molecule has 0 saturated carbocycles. The maximum Gasteiger partial charge on any atom is 0.343 e. The summed E-state index contributed by atoms with van der Waals surface area (Å²) < 4.78 is 5.10. The highest BCUT2D eigenvalue weighted by molar-refractivity contribution is 7.19. The second kappa shape index (κ2) is 8.02. The lowest BCUT2D eigenvalue weighted by atomic mass is 10.2. The van der Waals surface area contributed by atoms with E-state index in [1.807, 2.05) is 0 Å². The average Bonchev–Trinajstić information content (AvgIpc) is 2.76. The van der Waals surface area contributed by atoms with Crippen LogP contribution < -0.4 is 10.6 Å². The summed E-state index contributed by atoms with van der Waals surface area (Å²) in [7, 11) is 0. The first-order valence-corrected chi connectivity index (χ1v) is 8.14. The molecule has 5 nitrogen and oxygen atoms in total. The highest BCUT2D eigenvalue weighted by atomic mass is 32.1. The summed E-state index contributed by atoms with van der Waals surface area (Å²) in [4.78, 5) is 26.5. The highest BCUT2D eigenvalue weighted by Crippen LogP contribution is 2.39. The van der Waals surface area contributed by atoms with Crippen molar-refractivity contribution in [3.05, 3.63) is 10.4 Å². The molecule has 0 spiro atoms. The standard InChI is InChI=1S/C15H24N2O3S/c1-5-8-17(9-6-2)14-11(15(19)20-7-3)12(16)13(21-14)10(4)18/h5-9,16H2,1-4H3. The van der Waals surface area contributed by atoms with Crippen LogP contribution in [0.2, 0.25) is 0 Å². The quantitative estimate of drug-likeness (QED) is 0.589. The van der Waals surface area contributed by atoms with Crippen molar-refractivity contribution in [1.29, 1.82) is 0 Å². The summed E-state index contributed by atoms with van der Waals surface area (Å²) in [6, 6.07) is 0. The third kappa shape index (κ3) is 3.97. The number of nitrogens with zero attached hydrogens (tertiary/aromatic N) is 1. The van der Waals surface area contributed by atoms with Crippen LogP contribution in [0, 0.1) is 0 Å². The van der Waals surface area contributed by atoms with Gasteiger partial charge in [0.2, 0.25) is 0 Å². The van der Waals surface area contributed by atoms with E-state index in [9.17, 15) is 9.59 Å². The lowest BCUT2D eigenvalue weighted by Gasteiger charge is -2.23.